The van der Waals surface area contributed by atoms with Crippen LogP contribution in [-0.2, 0) is 17.8 Å². The first-order valence-corrected chi connectivity index (χ1v) is 7.61. The third-order valence-electron chi connectivity index (χ3n) is 3.19. The largest absolute Gasteiger partial charge is 0.352 e. The SMILES string of the molecule is CC.CCc1ccc(-c2ccc(CNC(C)=O)cc2)cc1. The lowest BCUT2D eigenvalue weighted by molar-refractivity contribution is -0.119. The Morgan fingerprint density at radius 1 is 0.857 bits per heavy atom. The molecule has 0 spiro atoms. The van der Waals surface area contributed by atoms with Gasteiger partial charge < -0.3 is 5.32 Å². The van der Waals surface area contributed by atoms with Crippen LogP contribution < -0.4 is 5.32 Å². The number of carbonyl (C=O) groups excluding carboxylic acids is 1. The van der Waals surface area contributed by atoms with Crippen molar-refractivity contribution in [3.05, 3.63) is 59.7 Å². The van der Waals surface area contributed by atoms with E-state index in [0.717, 1.165) is 12.0 Å². The van der Waals surface area contributed by atoms with Gasteiger partial charge in [0.1, 0.15) is 0 Å². The minimum Gasteiger partial charge on any atom is -0.352 e. The molecule has 1 N–H and O–H groups in total. The minimum atomic E-state index is -0.000712. The molecule has 0 aliphatic carbocycles. The lowest BCUT2D eigenvalue weighted by Crippen LogP contribution is -2.18. The van der Waals surface area contributed by atoms with Gasteiger partial charge in [0.25, 0.3) is 0 Å². The summed E-state index contributed by atoms with van der Waals surface area (Å²) < 4.78 is 0. The monoisotopic (exact) mass is 283 g/mol. The highest BCUT2D eigenvalue weighted by molar-refractivity contribution is 5.72. The molecule has 0 radical (unpaired) electrons. The van der Waals surface area contributed by atoms with Crippen LogP contribution in [0.15, 0.2) is 48.5 Å². The van der Waals surface area contributed by atoms with Crippen molar-refractivity contribution in [2.45, 2.75) is 40.7 Å². The Labute approximate surface area is 128 Å². The van der Waals surface area contributed by atoms with Crippen molar-refractivity contribution in [3.8, 4) is 11.1 Å². The molecule has 0 saturated carbocycles. The number of hydrogen-bond donors (Lipinski definition) is 1. The first-order valence-electron chi connectivity index (χ1n) is 7.61. The molecule has 2 nitrogen and oxygen atoms in total. The van der Waals surface area contributed by atoms with E-state index < -0.39 is 0 Å². The van der Waals surface area contributed by atoms with Gasteiger partial charge in [-0.05, 0) is 28.7 Å². The van der Waals surface area contributed by atoms with E-state index >= 15 is 0 Å². The van der Waals surface area contributed by atoms with Crippen LogP contribution in [-0.4, -0.2) is 5.91 Å². The molecular weight excluding hydrogens is 258 g/mol. The summed E-state index contributed by atoms with van der Waals surface area (Å²) >= 11 is 0. The van der Waals surface area contributed by atoms with E-state index in [9.17, 15) is 4.79 Å². The molecular formula is C19H25NO. The number of rotatable bonds is 4. The van der Waals surface area contributed by atoms with Gasteiger partial charge in [-0.3, -0.25) is 4.79 Å². The Bertz CT molecular complexity index is 541. The molecule has 0 aliphatic heterocycles. The van der Waals surface area contributed by atoms with Crippen LogP contribution in [0.5, 0.6) is 0 Å². The van der Waals surface area contributed by atoms with Gasteiger partial charge in [-0.2, -0.15) is 0 Å². The Kier molecular flexibility index (Phi) is 7.24. The maximum absolute atomic E-state index is 10.9. The lowest BCUT2D eigenvalue weighted by Gasteiger charge is -2.06. The summed E-state index contributed by atoms with van der Waals surface area (Å²) in [6, 6.07) is 16.9. The average Bonchev–Trinajstić information content (AvgIpc) is 2.55. The number of aryl methyl sites for hydroxylation is 1. The van der Waals surface area contributed by atoms with Gasteiger partial charge in [-0.1, -0.05) is 69.3 Å². The molecule has 0 unspecified atom stereocenters. The van der Waals surface area contributed by atoms with Crippen molar-refractivity contribution in [1.29, 1.82) is 0 Å². The van der Waals surface area contributed by atoms with Crippen molar-refractivity contribution < 1.29 is 4.79 Å². The second-order valence-corrected chi connectivity index (χ2v) is 4.66. The maximum Gasteiger partial charge on any atom is 0.217 e. The van der Waals surface area contributed by atoms with Crippen molar-refractivity contribution in [3.63, 3.8) is 0 Å². The highest BCUT2D eigenvalue weighted by atomic mass is 16.1. The van der Waals surface area contributed by atoms with Crippen molar-refractivity contribution in [2.24, 2.45) is 0 Å². The zero-order valence-corrected chi connectivity index (χ0v) is 13.4. The molecule has 0 aliphatic rings. The smallest absolute Gasteiger partial charge is 0.217 e. The second kappa shape index (κ2) is 8.96. The zero-order chi connectivity index (χ0) is 15.7. The Morgan fingerprint density at radius 2 is 1.29 bits per heavy atom. The van der Waals surface area contributed by atoms with Crippen LogP contribution in [0.25, 0.3) is 11.1 Å². The van der Waals surface area contributed by atoms with Crippen molar-refractivity contribution in [1.82, 2.24) is 5.32 Å². The summed E-state index contributed by atoms with van der Waals surface area (Å²) in [7, 11) is 0. The van der Waals surface area contributed by atoms with Gasteiger partial charge in [0.15, 0.2) is 0 Å². The summed E-state index contributed by atoms with van der Waals surface area (Å²) in [5, 5.41) is 2.80. The zero-order valence-electron chi connectivity index (χ0n) is 13.4. The third-order valence-corrected chi connectivity index (χ3v) is 3.19. The molecule has 0 bridgehead atoms. The highest BCUT2D eigenvalue weighted by Gasteiger charge is 1.99. The highest BCUT2D eigenvalue weighted by Crippen LogP contribution is 2.20. The van der Waals surface area contributed by atoms with Crippen molar-refractivity contribution in [2.75, 3.05) is 0 Å². The van der Waals surface area contributed by atoms with Crippen LogP contribution in [0.2, 0.25) is 0 Å². The quantitative estimate of drug-likeness (QED) is 0.874. The van der Waals surface area contributed by atoms with Crippen molar-refractivity contribution >= 4 is 5.91 Å². The van der Waals surface area contributed by atoms with Gasteiger partial charge in [-0.15, -0.1) is 0 Å². The first-order chi connectivity index (χ1) is 10.2. The number of nitrogens with one attached hydrogen (secondary N) is 1. The van der Waals surface area contributed by atoms with E-state index in [1.54, 1.807) is 0 Å². The fraction of sp³-hybridized carbons (Fsp3) is 0.316. The topological polar surface area (TPSA) is 29.1 Å². The summed E-state index contributed by atoms with van der Waals surface area (Å²) in [5.74, 6) is -0.000712. The molecule has 2 aromatic carbocycles. The normalized spacial score (nSPS) is 9.52. The van der Waals surface area contributed by atoms with E-state index in [4.69, 9.17) is 0 Å². The van der Waals surface area contributed by atoms with E-state index in [1.807, 2.05) is 13.8 Å². The van der Waals surface area contributed by atoms with Crippen LogP contribution in [0, 0.1) is 0 Å². The second-order valence-electron chi connectivity index (χ2n) is 4.66. The Hall–Kier alpha value is -2.09. The van der Waals surface area contributed by atoms with E-state index in [2.05, 4.69) is 60.8 Å². The molecule has 1 amide bonds. The molecule has 2 heteroatoms. The van der Waals surface area contributed by atoms with Crippen LogP contribution in [0.4, 0.5) is 0 Å². The number of amides is 1. The third kappa shape index (κ3) is 5.42. The Balaban J connectivity index is 0.00000106. The summed E-state index contributed by atoms with van der Waals surface area (Å²) in [5.41, 5.74) is 4.90. The molecule has 0 heterocycles. The van der Waals surface area contributed by atoms with Crippen LogP contribution >= 0.6 is 0 Å². The Morgan fingerprint density at radius 3 is 1.67 bits per heavy atom. The lowest BCUT2D eigenvalue weighted by atomic mass is 10.0. The number of carbonyl (C=O) groups is 1. The molecule has 0 aromatic heterocycles. The maximum atomic E-state index is 10.9. The first kappa shape index (κ1) is 17.0. The number of benzene rings is 2. The fourth-order valence-corrected chi connectivity index (χ4v) is 1.97. The molecule has 21 heavy (non-hydrogen) atoms. The molecule has 0 atom stereocenters. The molecule has 0 fully saturated rings. The molecule has 112 valence electrons. The van der Waals surface area contributed by atoms with Gasteiger partial charge in [0.05, 0.1) is 0 Å². The van der Waals surface area contributed by atoms with Gasteiger partial charge in [-0.25, -0.2) is 0 Å². The average molecular weight is 283 g/mol. The van der Waals surface area contributed by atoms with Crippen LogP contribution in [0.1, 0.15) is 38.8 Å². The number of hydrogen-bond acceptors (Lipinski definition) is 1. The van der Waals surface area contributed by atoms with E-state index in [-0.39, 0.29) is 5.91 Å². The van der Waals surface area contributed by atoms with Gasteiger partial charge in [0.2, 0.25) is 5.91 Å². The van der Waals surface area contributed by atoms with E-state index in [0.29, 0.717) is 6.54 Å². The fourth-order valence-electron chi connectivity index (χ4n) is 1.97. The molecule has 0 saturated heterocycles. The van der Waals surface area contributed by atoms with Crippen LogP contribution in [0.3, 0.4) is 0 Å². The molecule has 2 aromatic rings. The summed E-state index contributed by atoms with van der Waals surface area (Å²) in [6.07, 6.45) is 1.07. The summed E-state index contributed by atoms with van der Waals surface area (Å²) in [4.78, 5) is 10.9. The predicted octanol–water partition coefficient (Wildman–Crippen LogP) is 4.58. The van der Waals surface area contributed by atoms with Gasteiger partial charge >= 0.3 is 0 Å². The van der Waals surface area contributed by atoms with E-state index in [1.165, 1.54) is 23.6 Å². The minimum absolute atomic E-state index is 0.000712. The predicted molar refractivity (Wildman–Crippen MR) is 90.1 cm³/mol. The molecule has 2 rings (SSSR count). The summed E-state index contributed by atoms with van der Waals surface area (Å²) in [6.45, 7) is 8.28. The standard InChI is InChI=1S/C17H19NO.C2H6/c1-3-14-4-8-16(9-5-14)17-10-6-15(7-11-17)12-18-13(2)19;1-2/h4-11H,3,12H2,1-2H3,(H,18,19);1-2H3. The van der Waals surface area contributed by atoms with Gasteiger partial charge in [0, 0.05) is 13.5 Å².